The van der Waals surface area contributed by atoms with E-state index in [9.17, 15) is 14.2 Å². The summed E-state index contributed by atoms with van der Waals surface area (Å²) >= 11 is 0. The van der Waals surface area contributed by atoms with Gasteiger partial charge in [-0.3, -0.25) is 29.0 Å². The highest BCUT2D eigenvalue weighted by Crippen LogP contribution is 2.32. The molecule has 1 unspecified atom stereocenters. The molecule has 1 amide bonds. The van der Waals surface area contributed by atoms with Gasteiger partial charge in [-0.1, -0.05) is 13.8 Å². The third-order valence-corrected chi connectivity index (χ3v) is 4.79. The molecule has 2 aromatic rings. The number of aromatic amines is 1. The van der Waals surface area contributed by atoms with Gasteiger partial charge in [0.1, 0.15) is 6.23 Å². The number of H-pyrrole nitrogens is 1. The lowest BCUT2D eigenvalue weighted by Crippen LogP contribution is -2.22. The molecule has 1 aliphatic heterocycles. The van der Waals surface area contributed by atoms with Crippen molar-refractivity contribution in [2.24, 2.45) is 10.7 Å². The number of amides is 1. The average molecular weight is 396 g/mol. The van der Waals surface area contributed by atoms with E-state index in [1.54, 1.807) is 18.4 Å². The largest absolute Gasteiger partial charge is 0.352 e. The summed E-state index contributed by atoms with van der Waals surface area (Å²) in [5, 5.41) is 2.57. The maximum atomic E-state index is 12.2. The van der Waals surface area contributed by atoms with Gasteiger partial charge in [0.15, 0.2) is 11.2 Å². The molecule has 0 spiro atoms. The summed E-state index contributed by atoms with van der Waals surface area (Å²) < 4.78 is 27.2. The van der Waals surface area contributed by atoms with E-state index in [2.05, 4.69) is 31.7 Å². The van der Waals surface area contributed by atoms with Gasteiger partial charge in [0, 0.05) is 5.92 Å². The molecule has 11 nitrogen and oxygen atoms in total. The highest BCUT2D eigenvalue weighted by atomic mass is 31.1. The summed E-state index contributed by atoms with van der Waals surface area (Å²) in [7, 11) is -2.48. The van der Waals surface area contributed by atoms with Gasteiger partial charge in [-0.2, -0.15) is 4.98 Å². The fourth-order valence-electron chi connectivity index (χ4n) is 2.68. The van der Waals surface area contributed by atoms with Crippen LogP contribution in [-0.4, -0.2) is 44.9 Å². The van der Waals surface area contributed by atoms with Crippen molar-refractivity contribution in [3.8, 4) is 0 Å². The summed E-state index contributed by atoms with van der Waals surface area (Å²) in [5.74, 6) is -0.460. The van der Waals surface area contributed by atoms with Crippen LogP contribution in [0.25, 0.3) is 11.2 Å². The highest BCUT2D eigenvalue weighted by molar-refractivity contribution is 7.37. The number of hydrogen-bond donors (Lipinski definition) is 2. The molecule has 12 heteroatoms. The summed E-state index contributed by atoms with van der Waals surface area (Å²) in [6, 6.07) is 0. The van der Waals surface area contributed by atoms with Crippen molar-refractivity contribution < 1.29 is 18.6 Å². The van der Waals surface area contributed by atoms with Gasteiger partial charge in [-0.05, 0) is 19.6 Å². The van der Waals surface area contributed by atoms with Gasteiger partial charge in [-0.25, -0.2) is 9.75 Å². The van der Waals surface area contributed by atoms with Crippen LogP contribution >= 0.6 is 8.18 Å². The zero-order valence-electron chi connectivity index (χ0n) is 15.0. The zero-order valence-corrected chi connectivity index (χ0v) is 16.0. The standard InChI is InChI=1S/C15H21N6O5P/c1-8(2)13(22)19-15-18-12-11(14(23)20-15)17-7-21(12)10-5-4-9(26-10)6-25-27(24)16-3/h7-10,27H,3-6H2,1-2H3,(H2,18,19,20,22,23)/t9-,10+/m0/s1. The second-order valence-corrected chi connectivity index (χ2v) is 7.54. The Balaban J connectivity index is 1.80. The van der Waals surface area contributed by atoms with Crippen LogP contribution in [0.4, 0.5) is 5.95 Å². The second kappa shape index (κ2) is 8.12. The first-order valence-electron chi connectivity index (χ1n) is 8.45. The Hall–Kier alpha value is -2.36. The minimum atomic E-state index is -2.48. The van der Waals surface area contributed by atoms with Crippen molar-refractivity contribution in [2.75, 3.05) is 11.9 Å². The van der Waals surface area contributed by atoms with E-state index < -0.39 is 20.0 Å². The van der Waals surface area contributed by atoms with Gasteiger partial charge in [-0.15, -0.1) is 0 Å². The molecular weight excluding hydrogens is 375 g/mol. The number of hydrogen-bond acceptors (Lipinski definition) is 7. The van der Waals surface area contributed by atoms with E-state index in [1.165, 1.54) is 6.33 Å². The number of carbonyl (C=O) groups is 1. The van der Waals surface area contributed by atoms with Gasteiger partial charge in [0.05, 0.1) is 19.0 Å². The van der Waals surface area contributed by atoms with Crippen LogP contribution in [0.5, 0.6) is 0 Å². The third kappa shape index (κ3) is 4.32. The number of ether oxygens (including phenoxy) is 1. The van der Waals surface area contributed by atoms with Gasteiger partial charge in [0.25, 0.3) is 5.56 Å². The Bertz CT molecular complexity index is 938. The number of nitrogens with one attached hydrogen (secondary N) is 2. The molecule has 0 aromatic carbocycles. The Morgan fingerprint density at radius 3 is 3.07 bits per heavy atom. The number of aromatic nitrogens is 4. The summed E-state index contributed by atoms with van der Waals surface area (Å²) in [6.07, 6.45) is 2.14. The van der Waals surface area contributed by atoms with Crippen LogP contribution in [0.15, 0.2) is 15.9 Å². The Morgan fingerprint density at radius 1 is 1.59 bits per heavy atom. The van der Waals surface area contributed by atoms with Crippen molar-refractivity contribution in [3.05, 3.63) is 16.7 Å². The molecule has 27 heavy (non-hydrogen) atoms. The quantitative estimate of drug-likeness (QED) is 0.534. The van der Waals surface area contributed by atoms with Gasteiger partial charge in [0.2, 0.25) is 11.9 Å². The van der Waals surface area contributed by atoms with Gasteiger partial charge < -0.3 is 9.26 Å². The van der Waals surface area contributed by atoms with Crippen molar-refractivity contribution in [2.45, 2.75) is 39.0 Å². The van der Waals surface area contributed by atoms with Crippen molar-refractivity contribution in [1.29, 1.82) is 0 Å². The number of anilines is 1. The Labute approximate surface area is 155 Å². The number of carbonyl (C=O) groups excluding carboxylic acids is 1. The molecule has 1 aliphatic rings. The molecule has 0 aliphatic carbocycles. The van der Waals surface area contributed by atoms with Crippen LogP contribution < -0.4 is 10.9 Å². The molecule has 1 fully saturated rings. The molecule has 2 N–H and O–H groups in total. The topological polar surface area (TPSA) is 141 Å². The Morgan fingerprint density at radius 2 is 2.37 bits per heavy atom. The van der Waals surface area contributed by atoms with E-state index in [-0.39, 0.29) is 36.0 Å². The zero-order chi connectivity index (χ0) is 19.6. The lowest BCUT2D eigenvalue weighted by atomic mass is 10.2. The number of rotatable bonds is 7. The number of imidazole rings is 1. The fraction of sp³-hybridized carbons (Fsp3) is 0.533. The number of nitrogens with zero attached hydrogens (tertiary/aromatic N) is 4. The smallest absolute Gasteiger partial charge is 0.302 e. The third-order valence-electron chi connectivity index (χ3n) is 4.12. The molecule has 146 valence electrons. The van der Waals surface area contributed by atoms with Crippen LogP contribution in [0.2, 0.25) is 0 Å². The maximum absolute atomic E-state index is 12.2. The normalized spacial score (nSPS) is 20.9. The van der Waals surface area contributed by atoms with E-state index in [1.807, 2.05) is 0 Å². The predicted octanol–water partition coefficient (Wildman–Crippen LogP) is 1.50. The minimum Gasteiger partial charge on any atom is -0.352 e. The van der Waals surface area contributed by atoms with Gasteiger partial charge >= 0.3 is 8.18 Å². The van der Waals surface area contributed by atoms with Crippen LogP contribution in [0, 0.1) is 5.92 Å². The van der Waals surface area contributed by atoms with E-state index in [0.717, 1.165) is 0 Å². The van der Waals surface area contributed by atoms with Crippen LogP contribution in [-0.2, 0) is 18.6 Å². The molecule has 3 atom stereocenters. The average Bonchev–Trinajstić information content (AvgIpc) is 3.26. The summed E-state index contributed by atoms with van der Waals surface area (Å²) in [4.78, 5) is 35.0. The number of fused-ring (bicyclic) bond motifs is 1. The fourth-order valence-corrected chi connectivity index (χ4v) is 3.10. The summed E-state index contributed by atoms with van der Waals surface area (Å²) in [6.45, 7) is 6.79. The molecular formula is C15H21N6O5P. The first kappa shape index (κ1) is 19.4. The Kier molecular flexibility index (Phi) is 5.83. The molecule has 2 aromatic heterocycles. The molecule has 0 radical (unpaired) electrons. The first-order valence-corrected chi connectivity index (χ1v) is 9.72. The molecule has 3 heterocycles. The summed E-state index contributed by atoms with van der Waals surface area (Å²) in [5.41, 5.74) is 0.0128. The van der Waals surface area contributed by atoms with Crippen LogP contribution in [0.1, 0.15) is 32.9 Å². The van der Waals surface area contributed by atoms with Crippen molar-refractivity contribution in [3.63, 3.8) is 0 Å². The van der Waals surface area contributed by atoms with Crippen molar-refractivity contribution in [1.82, 2.24) is 19.5 Å². The van der Waals surface area contributed by atoms with E-state index in [0.29, 0.717) is 18.5 Å². The molecule has 0 saturated carbocycles. The predicted molar refractivity (Wildman–Crippen MR) is 99.3 cm³/mol. The van der Waals surface area contributed by atoms with E-state index >= 15 is 0 Å². The maximum Gasteiger partial charge on any atom is 0.302 e. The molecule has 1 saturated heterocycles. The SMILES string of the molecule is C=N[PH](=O)OC[C@@H]1CC[C@H](n2cnc3c(=O)[nH]c(NC(=O)C(C)C)nc32)O1. The monoisotopic (exact) mass is 396 g/mol. The highest BCUT2D eigenvalue weighted by Gasteiger charge is 2.29. The molecule has 0 bridgehead atoms. The van der Waals surface area contributed by atoms with Crippen molar-refractivity contribution >= 4 is 37.9 Å². The molecule has 3 rings (SSSR count). The lowest BCUT2D eigenvalue weighted by Gasteiger charge is -2.15. The first-order chi connectivity index (χ1) is 12.9. The minimum absolute atomic E-state index is 0.0569. The van der Waals surface area contributed by atoms with Crippen LogP contribution in [0.3, 0.4) is 0 Å². The lowest BCUT2D eigenvalue weighted by molar-refractivity contribution is -0.118. The van der Waals surface area contributed by atoms with E-state index in [4.69, 9.17) is 9.26 Å². The second-order valence-electron chi connectivity index (χ2n) is 6.41.